The zero-order valence-corrected chi connectivity index (χ0v) is 11.7. The highest BCUT2D eigenvalue weighted by Crippen LogP contribution is 2.38. The molecule has 0 bridgehead atoms. The molecule has 0 saturated carbocycles. The molecule has 5 heteroatoms. The second kappa shape index (κ2) is 5.48. The van der Waals surface area contributed by atoms with Crippen LogP contribution in [0.5, 0.6) is 0 Å². The highest BCUT2D eigenvalue weighted by Gasteiger charge is 2.47. The first-order valence-corrected chi connectivity index (χ1v) is 6.75. The van der Waals surface area contributed by atoms with Crippen molar-refractivity contribution in [1.82, 2.24) is 4.90 Å². The molecule has 1 aliphatic rings. The van der Waals surface area contributed by atoms with Crippen LogP contribution in [0.1, 0.15) is 25.8 Å². The van der Waals surface area contributed by atoms with Crippen LogP contribution >= 0.6 is 0 Å². The van der Waals surface area contributed by atoms with Crippen molar-refractivity contribution < 1.29 is 18.7 Å². The van der Waals surface area contributed by atoms with Gasteiger partial charge in [0.1, 0.15) is 0 Å². The molecule has 1 aromatic carbocycles. The number of carbonyl (C=O) groups is 1. The highest BCUT2D eigenvalue weighted by molar-refractivity contribution is 5.75. The van der Waals surface area contributed by atoms with E-state index in [1.54, 1.807) is 0 Å². The molecule has 1 aromatic rings. The quantitative estimate of drug-likeness (QED) is 0.923. The molecule has 1 aliphatic heterocycles. The molecule has 1 unspecified atom stereocenters. The van der Waals surface area contributed by atoms with Gasteiger partial charge < -0.3 is 5.11 Å². The van der Waals surface area contributed by atoms with E-state index in [0.29, 0.717) is 31.6 Å². The Hall–Kier alpha value is -1.49. The number of rotatable bonds is 4. The summed E-state index contributed by atoms with van der Waals surface area (Å²) in [6.07, 6.45) is 0.587. The average molecular weight is 283 g/mol. The smallest absolute Gasteiger partial charge is 0.311 e. The van der Waals surface area contributed by atoms with Crippen LogP contribution in [0.2, 0.25) is 0 Å². The van der Waals surface area contributed by atoms with Gasteiger partial charge in [0, 0.05) is 13.1 Å². The fourth-order valence-electron chi connectivity index (χ4n) is 2.84. The summed E-state index contributed by atoms with van der Waals surface area (Å²) >= 11 is 0. The van der Waals surface area contributed by atoms with Crippen molar-refractivity contribution in [3.8, 4) is 0 Å². The number of hydrogen-bond donors (Lipinski definition) is 1. The first kappa shape index (κ1) is 14.9. The van der Waals surface area contributed by atoms with Gasteiger partial charge in [0.15, 0.2) is 11.6 Å². The van der Waals surface area contributed by atoms with Gasteiger partial charge in [-0.1, -0.05) is 19.9 Å². The molecular formula is C15H19F2NO2. The Morgan fingerprint density at radius 2 is 2.10 bits per heavy atom. The van der Waals surface area contributed by atoms with Gasteiger partial charge in [-0.2, -0.15) is 0 Å². The van der Waals surface area contributed by atoms with Crippen LogP contribution in [0.15, 0.2) is 18.2 Å². The van der Waals surface area contributed by atoms with Gasteiger partial charge in [-0.15, -0.1) is 0 Å². The lowest BCUT2D eigenvalue weighted by Crippen LogP contribution is -2.39. The number of likely N-dealkylation sites (tertiary alicyclic amines) is 1. The molecule has 3 nitrogen and oxygen atoms in total. The molecular weight excluding hydrogens is 264 g/mol. The maximum Gasteiger partial charge on any atom is 0.311 e. The van der Waals surface area contributed by atoms with Gasteiger partial charge in [-0.25, -0.2) is 8.78 Å². The molecule has 110 valence electrons. The number of nitrogens with zero attached hydrogens (tertiary/aromatic N) is 1. The highest BCUT2D eigenvalue weighted by atomic mass is 19.2. The molecule has 1 N–H and O–H groups in total. The molecule has 20 heavy (non-hydrogen) atoms. The van der Waals surface area contributed by atoms with E-state index in [4.69, 9.17) is 0 Å². The Labute approximate surface area is 117 Å². The predicted octanol–water partition coefficient (Wildman–Crippen LogP) is 2.90. The summed E-state index contributed by atoms with van der Waals surface area (Å²) in [4.78, 5) is 13.5. The third-order valence-corrected chi connectivity index (χ3v) is 4.30. The number of halogens is 2. The van der Waals surface area contributed by atoms with Gasteiger partial charge in [0.25, 0.3) is 0 Å². The van der Waals surface area contributed by atoms with Crippen molar-refractivity contribution in [2.45, 2.75) is 26.8 Å². The standard InChI is InChI=1S/C15H19F2NO2/c1-10(2)15(14(19)20)5-6-18(9-15)8-11-3-4-12(16)13(17)7-11/h3-4,7,10H,5-6,8-9H2,1-2H3,(H,19,20). The zero-order chi connectivity index (χ0) is 14.9. The van der Waals surface area contributed by atoms with E-state index in [9.17, 15) is 18.7 Å². The molecule has 0 aromatic heterocycles. The third-order valence-electron chi connectivity index (χ3n) is 4.30. The Morgan fingerprint density at radius 1 is 1.40 bits per heavy atom. The van der Waals surface area contributed by atoms with Crippen LogP contribution < -0.4 is 0 Å². The molecule has 1 atom stereocenters. The van der Waals surface area contributed by atoms with Gasteiger partial charge in [-0.05, 0) is 36.6 Å². The second-order valence-electron chi connectivity index (χ2n) is 5.83. The maximum absolute atomic E-state index is 13.2. The number of aliphatic carboxylic acids is 1. The van der Waals surface area contributed by atoms with E-state index < -0.39 is 23.0 Å². The van der Waals surface area contributed by atoms with Crippen molar-refractivity contribution in [3.05, 3.63) is 35.4 Å². The van der Waals surface area contributed by atoms with E-state index in [1.165, 1.54) is 12.1 Å². The SMILES string of the molecule is CC(C)C1(C(=O)O)CCN(Cc2ccc(F)c(F)c2)C1. The summed E-state index contributed by atoms with van der Waals surface area (Å²) in [5, 5.41) is 9.46. The van der Waals surface area contributed by atoms with Gasteiger partial charge in [-0.3, -0.25) is 9.69 Å². The fraction of sp³-hybridized carbons (Fsp3) is 0.533. The van der Waals surface area contributed by atoms with Gasteiger partial charge >= 0.3 is 5.97 Å². The number of carboxylic acids is 1. The summed E-state index contributed by atoms with van der Waals surface area (Å²) in [5.74, 6) is -2.47. The van der Waals surface area contributed by atoms with E-state index in [2.05, 4.69) is 0 Å². The molecule has 0 aliphatic carbocycles. The molecule has 1 saturated heterocycles. The Bertz CT molecular complexity index is 519. The maximum atomic E-state index is 13.2. The van der Waals surface area contributed by atoms with Crippen molar-refractivity contribution in [3.63, 3.8) is 0 Å². The van der Waals surface area contributed by atoms with Crippen LogP contribution in [0.3, 0.4) is 0 Å². The molecule has 2 rings (SSSR count). The minimum Gasteiger partial charge on any atom is -0.481 e. The lowest BCUT2D eigenvalue weighted by molar-refractivity contribution is -0.151. The Balaban J connectivity index is 2.09. The van der Waals surface area contributed by atoms with Gasteiger partial charge in [0.05, 0.1) is 5.41 Å². The van der Waals surface area contributed by atoms with Gasteiger partial charge in [0.2, 0.25) is 0 Å². The third kappa shape index (κ3) is 2.68. The predicted molar refractivity (Wildman–Crippen MR) is 71.2 cm³/mol. The topological polar surface area (TPSA) is 40.5 Å². The van der Waals surface area contributed by atoms with Crippen molar-refractivity contribution in [1.29, 1.82) is 0 Å². The summed E-state index contributed by atoms with van der Waals surface area (Å²) in [5.41, 5.74) is -0.0766. The van der Waals surface area contributed by atoms with Crippen molar-refractivity contribution in [2.75, 3.05) is 13.1 Å². The van der Waals surface area contributed by atoms with Crippen molar-refractivity contribution >= 4 is 5.97 Å². The molecule has 1 fully saturated rings. The molecule has 0 radical (unpaired) electrons. The van der Waals surface area contributed by atoms with Crippen LogP contribution in [0.25, 0.3) is 0 Å². The largest absolute Gasteiger partial charge is 0.481 e. The monoisotopic (exact) mass is 283 g/mol. The lowest BCUT2D eigenvalue weighted by atomic mass is 9.76. The summed E-state index contributed by atoms with van der Waals surface area (Å²) in [6.45, 7) is 5.37. The van der Waals surface area contributed by atoms with E-state index in [-0.39, 0.29) is 5.92 Å². The number of benzene rings is 1. The minimum absolute atomic E-state index is 0.0370. The molecule has 1 heterocycles. The average Bonchev–Trinajstić information content (AvgIpc) is 2.79. The van der Waals surface area contributed by atoms with Crippen LogP contribution in [0, 0.1) is 23.0 Å². The van der Waals surface area contributed by atoms with Crippen LogP contribution in [-0.4, -0.2) is 29.1 Å². The normalized spacial score (nSPS) is 23.4. The zero-order valence-electron chi connectivity index (χ0n) is 11.7. The van der Waals surface area contributed by atoms with Crippen LogP contribution in [0.4, 0.5) is 8.78 Å². The molecule has 0 spiro atoms. The summed E-state index contributed by atoms with van der Waals surface area (Å²) in [7, 11) is 0. The number of hydrogen-bond acceptors (Lipinski definition) is 2. The minimum atomic E-state index is -0.866. The first-order chi connectivity index (χ1) is 9.35. The Kier molecular flexibility index (Phi) is 4.09. The summed E-state index contributed by atoms with van der Waals surface area (Å²) in [6, 6.07) is 3.81. The van der Waals surface area contributed by atoms with Crippen LogP contribution in [-0.2, 0) is 11.3 Å². The second-order valence-corrected chi connectivity index (χ2v) is 5.83. The fourth-order valence-corrected chi connectivity index (χ4v) is 2.84. The van der Waals surface area contributed by atoms with E-state index >= 15 is 0 Å². The molecule has 0 amide bonds. The number of carboxylic acid groups (broad SMARTS) is 1. The van der Waals surface area contributed by atoms with E-state index in [1.807, 2.05) is 18.7 Å². The Morgan fingerprint density at radius 3 is 2.60 bits per heavy atom. The van der Waals surface area contributed by atoms with Crippen molar-refractivity contribution in [2.24, 2.45) is 11.3 Å². The summed E-state index contributed by atoms with van der Waals surface area (Å²) < 4.78 is 26.1. The first-order valence-electron chi connectivity index (χ1n) is 6.75. The lowest BCUT2D eigenvalue weighted by Gasteiger charge is -2.28. The van der Waals surface area contributed by atoms with E-state index in [0.717, 1.165) is 6.07 Å².